The Morgan fingerprint density at radius 1 is 1.15 bits per heavy atom. The average Bonchev–Trinajstić information content (AvgIpc) is 2.54. The summed E-state index contributed by atoms with van der Waals surface area (Å²) in [5.74, 6) is 0.223. The zero-order chi connectivity index (χ0) is 21.4. The molecule has 5 nitrogen and oxygen atoms in total. The molecule has 4 atom stereocenters. The van der Waals surface area contributed by atoms with E-state index in [1.165, 1.54) is 0 Å². The molecule has 0 bridgehead atoms. The van der Waals surface area contributed by atoms with Crippen LogP contribution in [0.15, 0.2) is 11.6 Å². The largest absolute Gasteiger partial charge is 0.460 e. The molecule has 0 heterocycles. The van der Waals surface area contributed by atoms with Gasteiger partial charge in [-0.3, -0.25) is 9.59 Å². The predicted octanol–water partition coefficient (Wildman–Crippen LogP) is 4.28. The van der Waals surface area contributed by atoms with Gasteiger partial charge in [0.2, 0.25) is 0 Å². The molecule has 2 N–H and O–H groups in total. The maximum atomic E-state index is 12.3. The molecule has 0 aromatic heterocycles. The van der Waals surface area contributed by atoms with Crippen molar-refractivity contribution in [3.05, 3.63) is 11.6 Å². The Morgan fingerprint density at radius 2 is 1.70 bits per heavy atom. The fraction of sp³-hybridized carbons (Fsp3) is 0.818. The second kappa shape index (κ2) is 11.6. The van der Waals surface area contributed by atoms with E-state index in [4.69, 9.17) is 15.2 Å². The number of esters is 1. The number of hydrogen-bond donors (Lipinski definition) is 1. The lowest BCUT2D eigenvalue weighted by Gasteiger charge is -2.29. The number of rotatable bonds is 11. The molecule has 0 radical (unpaired) electrons. The van der Waals surface area contributed by atoms with Gasteiger partial charge in [-0.25, -0.2) is 0 Å². The van der Waals surface area contributed by atoms with Crippen LogP contribution in [0.1, 0.15) is 74.7 Å². The van der Waals surface area contributed by atoms with Gasteiger partial charge in [0.15, 0.2) is 5.78 Å². The van der Waals surface area contributed by atoms with Crippen LogP contribution in [0, 0.1) is 17.8 Å². The molecule has 0 spiro atoms. The molecule has 0 fully saturated rings. The van der Waals surface area contributed by atoms with E-state index < -0.39 is 11.6 Å². The van der Waals surface area contributed by atoms with E-state index in [0.717, 1.165) is 12.0 Å². The third-order valence-electron chi connectivity index (χ3n) is 4.84. The molecule has 27 heavy (non-hydrogen) atoms. The summed E-state index contributed by atoms with van der Waals surface area (Å²) in [5.41, 5.74) is 6.42. The van der Waals surface area contributed by atoms with Crippen molar-refractivity contribution in [2.24, 2.45) is 23.5 Å². The molecule has 0 aliphatic heterocycles. The van der Waals surface area contributed by atoms with Crippen LogP contribution in [-0.2, 0) is 19.1 Å². The third-order valence-corrected chi connectivity index (χ3v) is 4.84. The van der Waals surface area contributed by atoms with Gasteiger partial charge in [0, 0.05) is 19.4 Å². The van der Waals surface area contributed by atoms with E-state index >= 15 is 0 Å². The third kappa shape index (κ3) is 10.1. The van der Waals surface area contributed by atoms with E-state index in [-0.39, 0.29) is 36.1 Å². The van der Waals surface area contributed by atoms with Crippen molar-refractivity contribution in [3.8, 4) is 0 Å². The summed E-state index contributed by atoms with van der Waals surface area (Å²) in [6.07, 6.45) is 3.25. The molecule has 0 aliphatic rings. The van der Waals surface area contributed by atoms with Crippen molar-refractivity contribution in [3.63, 3.8) is 0 Å². The predicted molar refractivity (Wildman–Crippen MR) is 110 cm³/mol. The Hall–Kier alpha value is -1.20. The first-order valence-corrected chi connectivity index (χ1v) is 10.0. The number of ketones is 1. The second-order valence-corrected chi connectivity index (χ2v) is 8.95. The molecule has 0 amide bonds. The SMILES string of the molecule is CC[C@H](C)C(/C=C(\C)CC(=O)[C@@H](N)C(C)C)[C@@H](CC(=O)OC(C)(C)C)OC. The van der Waals surface area contributed by atoms with Gasteiger partial charge in [-0.1, -0.05) is 45.8 Å². The summed E-state index contributed by atoms with van der Waals surface area (Å²) in [6.45, 7) is 15.7. The van der Waals surface area contributed by atoms with Crippen molar-refractivity contribution in [2.75, 3.05) is 7.11 Å². The number of Topliss-reactive ketones (excluding diaryl/α,β-unsaturated/α-hetero) is 1. The van der Waals surface area contributed by atoms with Gasteiger partial charge in [0.25, 0.3) is 0 Å². The molecule has 0 aromatic carbocycles. The molecular weight excluding hydrogens is 342 g/mol. The highest BCUT2D eigenvalue weighted by molar-refractivity contribution is 5.86. The fourth-order valence-corrected chi connectivity index (χ4v) is 2.99. The van der Waals surface area contributed by atoms with Gasteiger partial charge in [0.05, 0.1) is 18.6 Å². The average molecular weight is 384 g/mol. The number of allylic oxidation sites excluding steroid dienone is 1. The minimum absolute atomic E-state index is 0.0237. The number of hydrogen-bond acceptors (Lipinski definition) is 5. The van der Waals surface area contributed by atoms with Crippen LogP contribution in [-0.4, -0.2) is 36.6 Å². The van der Waals surface area contributed by atoms with Crippen molar-refractivity contribution in [2.45, 2.75) is 92.4 Å². The van der Waals surface area contributed by atoms with Crippen LogP contribution in [0.25, 0.3) is 0 Å². The topological polar surface area (TPSA) is 78.6 Å². The highest BCUT2D eigenvalue weighted by Gasteiger charge is 2.29. The van der Waals surface area contributed by atoms with Crippen molar-refractivity contribution in [1.82, 2.24) is 0 Å². The van der Waals surface area contributed by atoms with Gasteiger partial charge in [-0.15, -0.1) is 0 Å². The second-order valence-electron chi connectivity index (χ2n) is 8.95. The first kappa shape index (κ1) is 25.8. The Morgan fingerprint density at radius 3 is 2.11 bits per heavy atom. The lowest BCUT2D eigenvalue weighted by Crippen LogP contribution is -2.36. The number of carbonyl (C=O) groups excluding carboxylic acids is 2. The van der Waals surface area contributed by atoms with Crippen LogP contribution < -0.4 is 5.73 Å². The first-order chi connectivity index (χ1) is 12.3. The minimum atomic E-state index is -0.521. The first-order valence-electron chi connectivity index (χ1n) is 10.0. The molecule has 0 aliphatic carbocycles. The summed E-state index contributed by atoms with van der Waals surface area (Å²) in [7, 11) is 1.62. The van der Waals surface area contributed by atoms with Crippen LogP contribution in [0.4, 0.5) is 0 Å². The Labute approximate surface area is 166 Å². The fourth-order valence-electron chi connectivity index (χ4n) is 2.99. The van der Waals surface area contributed by atoms with E-state index in [0.29, 0.717) is 12.3 Å². The van der Waals surface area contributed by atoms with Crippen LogP contribution >= 0.6 is 0 Å². The normalized spacial score (nSPS) is 17.4. The zero-order valence-electron chi connectivity index (χ0n) is 18.8. The summed E-state index contributed by atoms with van der Waals surface area (Å²) >= 11 is 0. The van der Waals surface area contributed by atoms with Crippen molar-refractivity contribution < 1.29 is 19.1 Å². The quantitative estimate of drug-likeness (QED) is 0.425. The molecule has 1 unspecified atom stereocenters. The van der Waals surface area contributed by atoms with E-state index in [9.17, 15) is 9.59 Å². The lowest BCUT2D eigenvalue weighted by molar-refractivity contribution is -0.158. The zero-order valence-corrected chi connectivity index (χ0v) is 18.8. The van der Waals surface area contributed by atoms with Gasteiger partial charge in [-0.05, 0) is 39.5 Å². The van der Waals surface area contributed by atoms with Crippen LogP contribution in [0.2, 0.25) is 0 Å². The molecule has 158 valence electrons. The summed E-state index contributed by atoms with van der Waals surface area (Å²) < 4.78 is 11.1. The maximum absolute atomic E-state index is 12.3. The monoisotopic (exact) mass is 383 g/mol. The number of ether oxygens (including phenoxy) is 2. The molecule has 5 heteroatoms. The smallest absolute Gasteiger partial charge is 0.308 e. The van der Waals surface area contributed by atoms with Gasteiger partial charge in [-0.2, -0.15) is 0 Å². The Balaban J connectivity index is 5.32. The highest BCUT2D eigenvalue weighted by Crippen LogP contribution is 2.27. The standard InChI is InChI=1S/C22H41NO4/c1-10-16(5)17(11-15(4)12-18(24)21(23)14(2)3)19(26-9)13-20(25)27-22(6,7)8/h11,14,16-17,19,21H,10,12-13,23H2,1-9H3/b15-11+/t16-,17?,19+,21-/m0/s1. The number of carbonyl (C=O) groups is 2. The molecule has 0 saturated heterocycles. The van der Waals surface area contributed by atoms with Crippen LogP contribution in [0.5, 0.6) is 0 Å². The van der Waals surface area contributed by atoms with Crippen LogP contribution in [0.3, 0.4) is 0 Å². The van der Waals surface area contributed by atoms with E-state index in [1.807, 2.05) is 41.5 Å². The van der Waals surface area contributed by atoms with Gasteiger partial charge < -0.3 is 15.2 Å². The maximum Gasteiger partial charge on any atom is 0.308 e. The molecular formula is C22H41NO4. The number of methoxy groups -OCH3 is 1. The minimum Gasteiger partial charge on any atom is -0.460 e. The molecule has 0 aromatic rings. The van der Waals surface area contributed by atoms with E-state index in [2.05, 4.69) is 19.9 Å². The number of nitrogens with two attached hydrogens (primary N) is 1. The highest BCUT2D eigenvalue weighted by atomic mass is 16.6. The summed E-state index contributed by atoms with van der Waals surface area (Å²) in [5, 5.41) is 0. The van der Waals surface area contributed by atoms with Crippen molar-refractivity contribution in [1.29, 1.82) is 0 Å². The Kier molecular flexibility index (Phi) is 11.1. The summed E-state index contributed by atoms with van der Waals surface area (Å²) in [6, 6.07) is -0.449. The van der Waals surface area contributed by atoms with E-state index in [1.54, 1.807) is 7.11 Å². The lowest BCUT2D eigenvalue weighted by atomic mass is 9.83. The van der Waals surface area contributed by atoms with Gasteiger partial charge >= 0.3 is 5.97 Å². The van der Waals surface area contributed by atoms with Gasteiger partial charge in [0.1, 0.15) is 5.60 Å². The summed E-state index contributed by atoms with van der Waals surface area (Å²) in [4.78, 5) is 24.6. The van der Waals surface area contributed by atoms with Crippen molar-refractivity contribution >= 4 is 11.8 Å². The molecule has 0 rings (SSSR count). The molecule has 0 saturated carbocycles. The Bertz CT molecular complexity index is 505.